The molecule has 0 bridgehead atoms. The van der Waals surface area contributed by atoms with Crippen LogP contribution in [0.4, 0.5) is 0 Å². The molecular weight excluding hydrogens is 182 g/mol. The maximum absolute atomic E-state index is 8.78. The molecule has 5 heteroatoms. The number of oxime groups is 1. The van der Waals surface area contributed by atoms with Crippen molar-refractivity contribution in [2.24, 2.45) is 16.8 Å². The first kappa shape index (κ1) is 11.3. The summed E-state index contributed by atoms with van der Waals surface area (Å²) in [5.74, 6) is 0.911. The molecule has 1 fully saturated rings. The molecule has 5 nitrogen and oxygen atoms in total. The zero-order chi connectivity index (χ0) is 10.4. The van der Waals surface area contributed by atoms with E-state index in [0.29, 0.717) is 12.5 Å². The minimum absolute atomic E-state index is 0.269. The zero-order valence-electron chi connectivity index (χ0n) is 8.39. The molecule has 4 N–H and O–H groups in total. The van der Waals surface area contributed by atoms with Crippen molar-refractivity contribution in [3.05, 3.63) is 0 Å². The molecule has 0 aliphatic carbocycles. The molecule has 0 saturated carbocycles. The Morgan fingerprint density at radius 2 is 2.07 bits per heavy atom. The maximum Gasteiger partial charge on any atom is 0.153 e. The van der Waals surface area contributed by atoms with E-state index in [1.807, 2.05) is 0 Å². The topological polar surface area (TPSA) is 82.1 Å². The Labute approximate surface area is 84.2 Å². The van der Waals surface area contributed by atoms with E-state index >= 15 is 0 Å². The first-order valence-corrected chi connectivity index (χ1v) is 5.06. The number of aliphatic hydroxyl groups excluding tert-OH is 1. The van der Waals surface area contributed by atoms with E-state index in [0.717, 1.165) is 32.4 Å². The molecule has 0 radical (unpaired) electrons. The van der Waals surface area contributed by atoms with Crippen LogP contribution in [0.1, 0.15) is 19.3 Å². The summed E-state index contributed by atoms with van der Waals surface area (Å²) in [6.07, 6.45) is 3.09. The van der Waals surface area contributed by atoms with Crippen LogP contribution in [0.5, 0.6) is 0 Å². The van der Waals surface area contributed by atoms with Gasteiger partial charge in [-0.3, -0.25) is 4.90 Å². The molecule has 0 aromatic heterocycles. The van der Waals surface area contributed by atoms with Crippen molar-refractivity contribution in [2.45, 2.75) is 19.3 Å². The molecule has 1 heterocycles. The fourth-order valence-corrected chi connectivity index (χ4v) is 1.88. The monoisotopic (exact) mass is 201 g/mol. The van der Waals surface area contributed by atoms with Crippen LogP contribution < -0.4 is 5.73 Å². The smallest absolute Gasteiger partial charge is 0.153 e. The van der Waals surface area contributed by atoms with E-state index in [4.69, 9.17) is 16.0 Å². The Hall–Kier alpha value is -0.810. The third-order valence-corrected chi connectivity index (χ3v) is 2.76. The predicted molar refractivity (Wildman–Crippen MR) is 54.3 cm³/mol. The van der Waals surface area contributed by atoms with Crippen molar-refractivity contribution >= 4 is 5.84 Å². The number of nitrogens with two attached hydrogens (primary N) is 1. The lowest BCUT2D eigenvalue weighted by molar-refractivity contribution is 0.171. The van der Waals surface area contributed by atoms with Gasteiger partial charge in [0.25, 0.3) is 0 Å². The number of likely N-dealkylation sites (tertiary alicyclic amines) is 1. The van der Waals surface area contributed by atoms with Gasteiger partial charge in [0, 0.05) is 6.61 Å². The molecule has 1 rings (SSSR count). The molecule has 0 aromatic carbocycles. The van der Waals surface area contributed by atoms with Crippen molar-refractivity contribution in [1.29, 1.82) is 0 Å². The largest absolute Gasteiger partial charge is 0.409 e. The van der Waals surface area contributed by atoms with Crippen LogP contribution in [0.2, 0.25) is 0 Å². The molecule has 14 heavy (non-hydrogen) atoms. The number of hydrogen-bond acceptors (Lipinski definition) is 4. The summed E-state index contributed by atoms with van der Waals surface area (Å²) in [7, 11) is 0. The SMILES string of the molecule is N/C(CN1CCC(CCO)CC1)=N\O. The summed E-state index contributed by atoms with van der Waals surface area (Å²) in [4.78, 5) is 2.17. The van der Waals surface area contributed by atoms with Gasteiger partial charge in [0.2, 0.25) is 0 Å². The second-order valence-electron chi connectivity index (χ2n) is 3.82. The first-order valence-electron chi connectivity index (χ1n) is 5.06. The van der Waals surface area contributed by atoms with Gasteiger partial charge in [0.1, 0.15) is 0 Å². The van der Waals surface area contributed by atoms with Crippen LogP contribution in [0.25, 0.3) is 0 Å². The molecule has 0 aromatic rings. The Morgan fingerprint density at radius 1 is 1.43 bits per heavy atom. The Bertz CT molecular complexity index is 188. The van der Waals surface area contributed by atoms with Crippen molar-refractivity contribution < 1.29 is 10.3 Å². The highest BCUT2D eigenvalue weighted by atomic mass is 16.4. The van der Waals surface area contributed by atoms with Crippen LogP contribution in [-0.4, -0.2) is 47.3 Å². The van der Waals surface area contributed by atoms with Crippen molar-refractivity contribution in [3.8, 4) is 0 Å². The quantitative estimate of drug-likeness (QED) is 0.255. The fraction of sp³-hybridized carbons (Fsp3) is 0.889. The van der Waals surface area contributed by atoms with Gasteiger partial charge in [-0.15, -0.1) is 0 Å². The summed E-state index contributed by atoms with van der Waals surface area (Å²) in [5, 5.41) is 20.1. The average Bonchev–Trinajstić information content (AvgIpc) is 2.21. The number of aliphatic hydroxyl groups is 1. The molecule has 1 aliphatic rings. The van der Waals surface area contributed by atoms with Gasteiger partial charge >= 0.3 is 0 Å². The Kier molecular flexibility index (Phi) is 4.69. The highest BCUT2D eigenvalue weighted by Crippen LogP contribution is 2.19. The van der Waals surface area contributed by atoms with Crippen LogP contribution in [0.3, 0.4) is 0 Å². The number of rotatable bonds is 4. The number of nitrogens with zero attached hydrogens (tertiary/aromatic N) is 2. The lowest BCUT2D eigenvalue weighted by Gasteiger charge is -2.31. The minimum atomic E-state index is 0.269. The van der Waals surface area contributed by atoms with Crippen LogP contribution in [0, 0.1) is 5.92 Å². The van der Waals surface area contributed by atoms with Gasteiger partial charge in [0.05, 0.1) is 6.54 Å². The molecule has 0 spiro atoms. The molecular formula is C9H19N3O2. The van der Waals surface area contributed by atoms with E-state index < -0.39 is 0 Å². The molecule has 1 saturated heterocycles. The van der Waals surface area contributed by atoms with Crippen LogP contribution in [0.15, 0.2) is 5.16 Å². The van der Waals surface area contributed by atoms with E-state index in [9.17, 15) is 0 Å². The second kappa shape index (κ2) is 5.82. The molecule has 1 aliphatic heterocycles. The normalized spacial score (nSPS) is 21.4. The second-order valence-corrected chi connectivity index (χ2v) is 3.82. The summed E-state index contributed by atoms with van der Waals surface area (Å²) in [6.45, 7) is 2.77. The van der Waals surface area contributed by atoms with E-state index in [2.05, 4.69) is 10.1 Å². The molecule has 82 valence electrons. The Morgan fingerprint density at radius 3 is 2.57 bits per heavy atom. The van der Waals surface area contributed by atoms with E-state index in [-0.39, 0.29) is 12.4 Å². The van der Waals surface area contributed by atoms with Gasteiger partial charge in [-0.1, -0.05) is 5.16 Å². The van der Waals surface area contributed by atoms with Crippen LogP contribution >= 0.6 is 0 Å². The third kappa shape index (κ3) is 3.51. The number of piperidine rings is 1. The fourth-order valence-electron chi connectivity index (χ4n) is 1.88. The lowest BCUT2D eigenvalue weighted by atomic mass is 9.94. The minimum Gasteiger partial charge on any atom is -0.409 e. The molecule has 0 atom stereocenters. The predicted octanol–water partition coefficient (Wildman–Crippen LogP) is -0.173. The highest BCUT2D eigenvalue weighted by Gasteiger charge is 2.18. The third-order valence-electron chi connectivity index (χ3n) is 2.76. The lowest BCUT2D eigenvalue weighted by Crippen LogP contribution is -2.39. The van der Waals surface area contributed by atoms with Gasteiger partial charge in [0.15, 0.2) is 5.84 Å². The van der Waals surface area contributed by atoms with Gasteiger partial charge in [-0.25, -0.2) is 0 Å². The van der Waals surface area contributed by atoms with E-state index in [1.54, 1.807) is 0 Å². The number of amidine groups is 1. The van der Waals surface area contributed by atoms with Gasteiger partial charge in [-0.2, -0.15) is 0 Å². The van der Waals surface area contributed by atoms with Crippen molar-refractivity contribution in [2.75, 3.05) is 26.2 Å². The van der Waals surface area contributed by atoms with Crippen molar-refractivity contribution in [3.63, 3.8) is 0 Å². The summed E-state index contributed by atoms with van der Waals surface area (Å²) >= 11 is 0. The average molecular weight is 201 g/mol. The van der Waals surface area contributed by atoms with Gasteiger partial charge < -0.3 is 16.0 Å². The van der Waals surface area contributed by atoms with Gasteiger partial charge in [-0.05, 0) is 38.3 Å². The standard InChI is InChI=1S/C9H19N3O2/c10-9(11-14)7-12-4-1-8(2-5-12)3-6-13/h8,13-14H,1-7H2,(H2,10,11). The van der Waals surface area contributed by atoms with Crippen molar-refractivity contribution in [1.82, 2.24) is 4.90 Å². The summed E-state index contributed by atoms with van der Waals surface area (Å²) in [6, 6.07) is 0. The molecule has 0 amide bonds. The van der Waals surface area contributed by atoms with E-state index in [1.165, 1.54) is 0 Å². The summed E-state index contributed by atoms with van der Waals surface area (Å²) < 4.78 is 0. The Balaban J connectivity index is 2.22. The number of hydrogen-bond donors (Lipinski definition) is 3. The highest BCUT2D eigenvalue weighted by molar-refractivity contribution is 5.81. The molecule has 0 unspecified atom stereocenters. The summed E-state index contributed by atoms with van der Waals surface area (Å²) in [5.41, 5.74) is 5.42. The zero-order valence-corrected chi connectivity index (χ0v) is 8.39. The first-order chi connectivity index (χ1) is 6.76. The maximum atomic E-state index is 8.78. The van der Waals surface area contributed by atoms with Crippen LogP contribution in [-0.2, 0) is 0 Å².